The van der Waals surface area contributed by atoms with E-state index < -0.39 is 16.1 Å². The van der Waals surface area contributed by atoms with Gasteiger partial charge in [0.15, 0.2) is 0 Å². The number of amides is 1. The average molecular weight is 279 g/mol. The van der Waals surface area contributed by atoms with Crippen LogP contribution in [-0.4, -0.2) is 50.6 Å². The minimum atomic E-state index is -3.15. The minimum absolute atomic E-state index is 0.0909. The summed E-state index contributed by atoms with van der Waals surface area (Å²) in [5.74, 6) is -0.0967. The first-order valence-corrected chi connectivity index (χ1v) is 8.03. The lowest BCUT2D eigenvalue weighted by atomic mass is 10.1. The number of nitrogens with two attached hydrogens (primary N) is 1. The Kier molecular flexibility index (Phi) is 7.42. The Hall–Kier alpha value is -0.660. The molecule has 18 heavy (non-hydrogen) atoms. The van der Waals surface area contributed by atoms with Gasteiger partial charge in [0.1, 0.15) is 0 Å². The van der Waals surface area contributed by atoms with Gasteiger partial charge in [0.05, 0.1) is 12.3 Å². The fourth-order valence-electron chi connectivity index (χ4n) is 1.45. The van der Waals surface area contributed by atoms with Crippen LogP contribution in [0.25, 0.3) is 0 Å². The van der Waals surface area contributed by atoms with E-state index in [4.69, 9.17) is 5.73 Å². The third-order valence-corrected chi connectivity index (χ3v) is 4.11. The number of hydrogen-bond acceptors (Lipinski definition) is 4. The highest BCUT2D eigenvalue weighted by Crippen LogP contribution is 2.00. The van der Waals surface area contributed by atoms with E-state index >= 15 is 0 Å². The summed E-state index contributed by atoms with van der Waals surface area (Å²) in [4.78, 5) is 11.5. The second-order valence-electron chi connectivity index (χ2n) is 4.67. The lowest BCUT2D eigenvalue weighted by Gasteiger charge is -2.19. The standard InChI is InChI=1S/C11H25N3O3S/c1-5-14(18(4,16)17)8-6-7-13-11(15)10(12)9(2)3/h9-10H,5-8,12H2,1-4H3,(H,13,15)/t10-/m0/s1. The van der Waals surface area contributed by atoms with Gasteiger partial charge in [0, 0.05) is 19.6 Å². The molecule has 0 spiro atoms. The second-order valence-corrected chi connectivity index (χ2v) is 6.65. The maximum absolute atomic E-state index is 11.5. The largest absolute Gasteiger partial charge is 0.355 e. The molecular formula is C11H25N3O3S. The van der Waals surface area contributed by atoms with Crippen LogP contribution in [0.1, 0.15) is 27.2 Å². The molecule has 0 radical (unpaired) electrons. The molecule has 0 aromatic carbocycles. The fraction of sp³-hybridized carbons (Fsp3) is 0.909. The fourth-order valence-corrected chi connectivity index (χ4v) is 2.38. The molecule has 0 saturated heterocycles. The Balaban J connectivity index is 3.97. The highest BCUT2D eigenvalue weighted by atomic mass is 32.2. The molecule has 1 amide bonds. The van der Waals surface area contributed by atoms with Gasteiger partial charge in [0.2, 0.25) is 15.9 Å². The van der Waals surface area contributed by atoms with Crippen LogP contribution >= 0.6 is 0 Å². The van der Waals surface area contributed by atoms with Gasteiger partial charge in [-0.3, -0.25) is 4.79 Å². The molecule has 0 unspecified atom stereocenters. The van der Waals surface area contributed by atoms with E-state index in [1.54, 1.807) is 6.92 Å². The molecule has 1 atom stereocenters. The van der Waals surface area contributed by atoms with Crippen LogP contribution in [-0.2, 0) is 14.8 Å². The Morgan fingerprint density at radius 1 is 1.39 bits per heavy atom. The highest BCUT2D eigenvalue weighted by Gasteiger charge is 2.17. The van der Waals surface area contributed by atoms with Gasteiger partial charge in [0.25, 0.3) is 0 Å². The van der Waals surface area contributed by atoms with E-state index in [0.717, 1.165) is 0 Å². The molecule has 0 aliphatic rings. The van der Waals surface area contributed by atoms with Crippen molar-refractivity contribution in [3.05, 3.63) is 0 Å². The SMILES string of the molecule is CCN(CCCNC(=O)[C@@H](N)C(C)C)S(C)(=O)=O. The van der Waals surface area contributed by atoms with Crippen molar-refractivity contribution in [2.75, 3.05) is 25.9 Å². The Bertz CT molecular complexity index is 355. The predicted octanol–water partition coefficient (Wildman–Crippen LogP) is -0.242. The molecule has 3 N–H and O–H groups in total. The van der Waals surface area contributed by atoms with Gasteiger partial charge < -0.3 is 11.1 Å². The summed E-state index contributed by atoms with van der Waals surface area (Å²) in [5, 5.41) is 2.71. The van der Waals surface area contributed by atoms with E-state index in [0.29, 0.717) is 26.1 Å². The summed E-state index contributed by atoms with van der Waals surface area (Å²) < 4.78 is 24.0. The molecule has 0 rings (SSSR count). The maximum atomic E-state index is 11.5. The number of hydrogen-bond donors (Lipinski definition) is 2. The summed E-state index contributed by atoms with van der Waals surface area (Å²) >= 11 is 0. The molecule has 7 heteroatoms. The number of nitrogens with zero attached hydrogens (tertiary/aromatic N) is 1. The zero-order valence-corrected chi connectivity index (χ0v) is 12.5. The third-order valence-electron chi connectivity index (χ3n) is 2.73. The van der Waals surface area contributed by atoms with Crippen molar-refractivity contribution in [2.24, 2.45) is 11.7 Å². The maximum Gasteiger partial charge on any atom is 0.237 e. The van der Waals surface area contributed by atoms with Crippen molar-refractivity contribution in [3.63, 3.8) is 0 Å². The van der Waals surface area contributed by atoms with Crippen LogP contribution in [0.3, 0.4) is 0 Å². The van der Waals surface area contributed by atoms with E-state index in [1.807, 2.05) is 13.8 Å². The van der Waals surface area contributed by atoms with E-state index in [9.17, 15) is 13.2 Å². The summed E-state index contributed by atoms with van der Waals surface area (Å²) in [6.45, 7) is 6.84. The Morgan fingerprint density at radius 2 is 1.94 bits per heavy atom. The molecule has 0 aliphatic heterocycles. The zero-order chi connectivity index (χ0) is 14.3. The third kappa shape index (κ3) is 6.32. The van der Waals surface area contributed by atoms with Crippen LogP contribution < -0.4 is 11.1 Å². The molecule has 0 aliphatic carbocycles. The second kappa shape index (κ2) is 7.70. The van der Waals surface area contributed by atoms with Crippen molar-refractivity contribution in [1.82, 2.24) is 9.62 Å². The molecule has 0 bridgehead atoms. The summed E-state index contributed by atoms with van der Waals surface area (Å²) in [6, 6.07) is -0.512. The summed E-state index contributed by atoms with van der Waals surface area (Å²) in [5.41, 5.74) is 5.68. The Labute approximate surface area is 110 Å². The van der Waals surface area contributed by atoms with Crippen molar-refractivity contribution < 1.29 is 13.2 Å². The molecular weight excluding hydrogens is 254 g/mol. The lowest BCUT2D eigenvalue weighted by molar-refractivity contribution is -0.123. The highest BCUT2D eigenvalue weighted by molar-refractivity contribution is 7.88. The van der Waals surface area contributed by atoms with Crippen LogP contribution in [0.15, 0.2) is 0 Å². The van der Waals surface area contributed by atoms with Gasteiger partial charge in [-0.2, -0.15) is 0 Å². The average Bonchev–Trinajstić information content (AvgIpc) is 2.25. The normalized spacial score (nSPS) is 13.9. The first kappa shape index (κ1) is 17.3. The van der Waals surface area contributed by atoms with Crippen molar-refractivity contribution in [3.8, 4) is 0 Å². The molecule has 0 heterocycles. The predicted molar refractivity (Wildman–Crippen MR) is 72.5 cm³/mol. The number of sulfonamides is 1. The molecule has 108 valence electrons. The van der Waals surface area contributed by atoms with E-state index in [2.05, 4.69) is 5.32 Å². The zero-order valence-electron chi connectivity index (χ0n) is 11.6. The molecule has 6 nitrogen and oxygen atoms in total. The molecule has 0 saturated carbocycles. The first-order valence-electron chi connectivity index (χ1n) is 6.18. The molecule has 0 aromatic heterocycles. The minimum Gasteiger partial charge on any atom is -0.355 e. The summed E-state index contributed by atoms with van der Waals surface area (Å²) in [7, 11) is -3.15. The monoisotopic (exact) mass is 279 g/mol. The van der Waals surface area contributed by atoms with Gasteiger partial charge in [-0.25, -0.2) is 12.7 Å². The van der Waals surface area contributed by atoms with Crippen LogP contribution in [0, 0.1) is 5.92 Å². The van der Waals surface area contributed by atoms with Gasteiger partial charge in [-0.15, -0.1) is 0 Å². The van der Waals surface area contributed by atoms with E-state index in [1.165, 1.54) is 10.6 Å². The first-order chi connectivity index (χ1) is 8.20. The number of carbonyl (C=O) groups excluding carboxylic acids is 1. The number of nitrogens with one attached hydrogen (secondary N) is 1. The quantitative estimate of drug-likeness (QED) is 0.600. The van der Waals surface area contributed by atoms with Gasteiger partial charge in [-0.1, -0.05) is 20.8 Å². The van der Waals surface area contributed by atoms with Gasteiger partial charge in [-0.05, 0) is 12.3 Å². The van der Waals surface area contributed by atoms with Crippen LogP contribution in [0.4, 0.5) is 0 Å². The smallest absolute Gasteiger partial charge is 0.237 e. The van der Waals surface area contributed by atoms with Crippen LogP contribution in [0.2, 0.25) is 0 Å². The van der Waals surface area contributed by atoms with Crippen molar-refractivity contribution in [2.45, 2.75) is 33.2 Å². The van der Waals surface area contributed by atoms with Crippen molar-refractivity contribution >= 4 is 15.9 Å². The van der Waals surface area contributed by atoms with Crippen molar-refractivity contribution in [1.29, 1.82) is 0 Å². The number of rotatable bonds is 8. The number of carbonyl (C=O) groups is 1. The topological polar surface area (TPSA) is 92.5 Å². The summed E-state index contributed by atoms with van der Waals surface area (Å²) in [6.07, 6.45) is 1.77. The lowest BCUT2D eigenvalue weighted by Crippen LogP contribution is -2.44. The van der Waals surface area contributed by atoms with E-state index in [-0.39, 0.29) is 11.8 Å². The molecule has 0 aromatic rings. The Morgan fingerprint density at radius 3 is 2.33 bits per heavy atom. The van der Waals surface area contributed by atoms with Gasteiger partial charge >= 0.3 is 0 Å². The molecule has 0 fully saturated rings. The van der Waals surface area contributed by atoms with Crippen LogP contribution in [0.5, 0.6) is 0 Å².